The molecule has 8 nitrogen and oxygen atoms in total. The number of likely N-dealkylation sites (tertiary alicyclic amines) is 1. The monoisotopic (exact) mass is 291 g/mol. The Morgan fingerprint density at radius 3 is 2.67 bits per heavy atom. The van der Waals surface area contributed by atoms with Gasteiger partial charge in [0.1, 0.15) is 11.7 Å². The number of rotatable bonds is 3. The van der Waals surface area contributed by atoms with E-state index in [9.17, 15) is 19.2 Å². The van der Waals surface area contributed by atoms with Crippen LogP contribution in [0.1, 0.15) is 33.7 Å². The Hall–Kier alpha value is -2.77. The van der Waals surface area contributed by atoms with Gasteiger partial charge in [-0.05, 0) is 18.6 Å². The zero-order valence-electron chi connectivity index (χ0n) is 11.2. The first kappa shape index (κ1) is 14.6. The maximum atomic E-state index is 12.0. The second-order valence-corrected chi connectivity index (χ2v) is 4.59. The van der Waals surface area contributed by atoms with Crippen molar-refractivity contribution in [3.05, 3.63) is 29.6 Å². The van der Waals surface area contributed by atoms with Crippen molar-refractivity contribution in [2.24, 2.45) is 0 Å². The number of piperidine rings is 1. The van der Waals surface area contributed by atoms with Crippen LogP contribution in [0.25, 0.3) is 0 Å². The van der Waals surface area contributed by atoms with Gasteiger partial charge in [-0.2, -0.15) is 0 Å². The molecule has 110 valence electrons. The van der Waals surface area contributed by atoms with Crippen molar-refractivity contribution >= 4 is 23.7 Å². The highest BCUT2D eigenvalue weighted by molar-refractivity contribution is 6.03. The fourth-order valence-corrected chi connectivity index (χ4v) is 1.94. The minimum atomic E-state index is -1.14. The largest absolute Gasteiger partial charge is 0.478 e. The summed E-state index contributed by atoms with van der Waals surface area (Å²) >= 11 is 0. The van der Waals surface area contributed by atoms with Gasteiger partial charge in [0.25, 0.3) is 11.8 Å². The lowest BCUT2D eigenvalue weighted by molar-refractivity contribution is -0.147. The summed E-state index contributed by atoms with van der Waals surface area (Å²) in [5.41, 5.74) is -0.0297. The Bertz CT molecular complexity index is 611. The number of aromatic carboxylic acids is 1. The Balaban J connectivity index is 2.06. The van der Waals surface area contributed by atoms with E-state index < -0.39 is 23.8 Å². The van der Waals surface area contributed by atoms with Gasteiger partial charge >= 0.3 is 5.97 Å². The van der Waals surface area contributed by atoms with Crippen molar-refractivity contribution in [2.45, 2.75) is 18.9 Å². The average Bonchev–Trinajstić information content (AvgIpc) is 2.48. The molecule has 3 amide bonds. The molecule has 21 heavy (non-hydrogen) atoms. The van der Waals surface area contributed by atoms with Crippen LogP contribution in [0.5, 0.6) is 0 Å². The Kier molecular flexibility index (Phi) is 3.97. The lowest BCUT2D eigenvalue weighted by Gasteiger charge is -2.28. The molecule has 0 bridgehead atoms. The highest BCUT2D eigenvalue weighted by Crippen LogP contribution is 2.12. The van der Waals surface area contributed by atoms with Gasteiger partial charge in [0, 0.05) is 19.7 Å². The molecule has 0 aliphatic carbocycles. The van der Waals surface area contributed by atoms with E-state index >= 15 is 0 Å². The first-order chi connectivity index (χ1) is 9.90. The summed E-state index contributed by atoms with van der Waals surface area (Å²) in [6, 6.07) is 1.74. The molecule has 0 saturated carbocycles. The highest BCUT2D eigenvalue weighted by atomic mass is 16.4. The van der Waals surface area contributed by atoms with Crippen LogP contribution in [0, 0.1) is 0 Å². The first-order valence-corrected chi connectivity index (χ1v) is 6.20. The number of hydrogen-bond donors (Lipinski definition) is 2. The van der Waals surface area contributed by atoms with Gasteiger partial charge < -0.3 is 10.4 Å². The predicted molar refractivity (Wildman–Crippen MR) is 69.5 cm³/mol. The molecular formula is C13H13N3O5. The first-order valence-electron chi connectivity index (χ1n) is 6.20. The number of nitrogens with zero attached hydrogens (tertiary/aromatic N) is 2. The van der Waals surface area contributed by atoms with E-state index in [1.165, 1.54) is 19.2 Å². The number of carbonyl (C=O) groups is 4. The molecule has 1 aromatic rings. The molecule has 1 atom stereocenters. The summed E-state index contributed by atoms with van der Waals surface area (Å²) in [7, 11) is 1.36. The number of carboxylic acid groups (broad SMARTS) is 1. The number of imide groups is 1. The highest BCUT2D eigenvalue weighted by Gasteiger charge is 2.33. The molecule has 2 N–H and O–H groups in total. The van der Waals surface area contributed by atoms with E-state index in [1.54, 1.807) is 0 Å². The molecule has 1 aromatic heterocycles. The normalized spacial score (nSPS) is 18.5. The van der Waals surface area contributed by atoms with Gasteiger partial charge in [-0.25, -0.2) is 4.79 Å². The summed E-state index contributed by atoms with van der Waals surface area (Å²) in [5.74, 6) is -2.48. The second-order valence-electron chi connectivity index (χ2n) is 4.59. The zero-order chi connectivity index (χ0) is 15.6. The molecule has 8 heteroatoms. The number of pyridine rings is 1. The van der Waals surface area contributed by atoms with Crippen molar-refractivity contribution < 1.29 is 24.3 Å². The maximum Gasteiger partial charge on any atom is 0.337 e. The van der Waals surface area contributed by atoms with Crippen molar-refractivity contribution in [2.75, 3.05) is 7.05 Å². The fraction of sp³-hybridized carbons (Fsp3) is 0.308. The van der Waals surface area contributed by atoms with Crippen LogP contribution >= 0.6 is 0 Å². The van der Waals surface area contributed by atoms with Crippen LogP contribution < -0.4 is 5.32 Å². The molecule has 0 aromatic carbocycles. The smallest absolute Gasteiger partial charge is 0.337 e. The summed E-state index contributed by atoms with van der Waals surface area (Å²) < 4.78 is 0. The number of nitrogens with one attached hydrogen (secondary N) is 1. The number of aromatic nitrogens is 1. The van der Waals surface area contributed by atoms with Crippen molar-refractivity contribution in [1.29, 1.82) is 0 Å². The average molecular weight is 291 g/mol. The van der Waals surface area contributed by atoms with E-state index in [4.69, 9.17) is 5.11 Å². The lowest BCUT2D eigenvalue weighted by Crippen LogP contribution is -2.53. The molecule has 0 radical (unpaired) electrons. The van der Waals surface area contributed by atoms with Crippen LogP contribution in [-0.2, 0) is 9.59 Å². The minimum Gasteiger partial charge on any atom is -0.478 e. The third-order valence-electron chi connectivity index (χ3n) is 3.20. The summed E-state index contributed by atoms with van der Waals surface area (Å²) in [5, 5.41) is 11.2. The number of amides is 3. The van der Waals surface area contributed by atoms with E-state index in [1.807, 2.05) is 0 Å². The summed E-state index contributed by atoms with van der Waals surface area (Å²) in [6.07, 6.45) is 1.48. The Labute approximate surface area is 119 Å². The van der Waals surface area contributed by atoms with Crippen LogP contribution in [0.2, 0.25) is 0 Å². The van der Waals surface area contributed by atoms with E-state index in [2.05, 4.69) is 10.3 Å². The Morgan fingerprint density at radius 2 is 2.10 bits per heavy atom. The van der Waals surface area contributed by atoms with Gasteiger partial charge in [0.2, 0.25) is 5.91 Å². The van der Waals surface area contributed by atoms with E-state index in [-0.39, 0.29) is 30.0 Å². The maximum absolute atomic E-state index is 12.0. The molecule has 2 rings (SSSR count). The van der Waals surface area contributed by atoms with Crippen LogP contribution in [0.15, 0.2) is 18.3 Å². The summed E-state index contributed by atoms with van der Waals surface area (Å²) in [6.45, 7) is 0. The standard InChI is InChI=1S/C13H13N3O5/c1-16-10(17)5-4-9(12(16)19)15-11(18)8-3-2-7(6-14-8)13(20)21/h2-3,6,9H,4-5H2,1H3,(H,15,18)(H,20,21). The van der Waals surface area contributed by atoms with E-state index in [0.717, 1.165) is 11.1 Å². The van der Waals surface area contributed by atoms with Crippen molar-refractivity contribution in [1.82, 2.24) is 15.2 Å². The molecule has 1 saturated heterocycles. The molecule has 1 unspecified atom stereocenters. The van der Waals surface area contributed by atoms with Crippen molar-refractivity contribution in [3.8, 4) is 0 Å². The zero-order valence-corrected chi connectivity index (χ0v) is 11.2. The minimum absolute atomic E-state index is 0.00681. The molecule has 1 aliphatic heterocycles. The molecule has 1 aliphatic rings. The quantitative estimate of drug-likeness (QED) is 0.736. The van der Waals surface area contributed by atoms with Gasteiger partial charge in [-0.3, -0.25) is 24.3 Å². The SMILES string of the molecule is CN1C(=O)CCC(NC(=O)c2ccc(C(=O)O)cn2)C1=O. The molecule has 0 spiro atoms. The lowest BCUT2D eigenvalue weighted by atomic mass is 10.0. The predicted octanol–water partition coefficient (Wildman–Crippen LogP) is -0.343. The van der Waals surface area contributed by atoms with E-state index in [0.29, 0.717) is 0 Å². The molecule has 2 heterocycles. The Morgan fingerprint density at radius 1 is 1.38 bits per heavy atom. The molecular weight excluding hydrogens is 278 g/mol. The third-order valence-corrected chi connectivity index (χ3v) is 3.20. The van der Waals surface area contributed by atoms with Crippen molar-refractivity contribution in [3.63, 3.8) is 0 Å². The fourth-order valence-electron chi connectivity index (χ4n) is 1.94. The van der Waals surface area contributed by atoms with Crippen LogP contribution in [-0.4, -0.2) is 51.8 Å². The topological polar surface area (TPSA) is 117 Å². The number of likely N-dealkylation sites (N-methyl/N-ethyl adjacent to an activating group) is 1. The second kappa shape index (κ2) is 5.70. The number of carboxylic acids is 1. The van der Waals surface area contributed by atoms with Crippen LogP contribution in [0.3, 0.4) is 0 Å². The van der Waals surface area contributed by atoms with Gasteiger partial charge in [-0.1, -0.05) is 0 Å². The van der Waals surface area contributed by atoms with Gasteiger partial charge in [0.05, 0.1) is 5.56 Å². The van der Waals surface area contributed by atoms with Gasteiger partial charge in [-0.15, -0.1) is 0 Å². The molecule has 1 fully saturated rings. The third kappa shape index (κ3) is 3.04. The summed E-state index contributed by atoms with van der Waals surface area (Å²) in [4.78, 5) is 50.5. The van der Waals surface area contributed by atoms with Crippen LogP contribution in [0.4, 0.5) is 0 Å². The number of carbonyl (C=O) groups excluding carboxylic acids is 3. The number of hydrogen-bond acceptors (Lipinski definition) is 5. The van der Waals surface area contributed by atoms with Gasteiger partial charge in [0.15, 0.2) is 0 Å².